The second-order valence-electron chi connectivity index (χ2n) is 6.73. The Bertz CT molecular complexity index is 892. The summed E-state index contributed by atoms with van der Waals surface area (Å²) in [6, 6.07) is 24.9. The highest BCUT2D eigenvalue weighted by atomic mass is 16.5. The molecule has 0 heterocycles. The van der Waals surface area contributed by atoms with E-state index in [-0.39, 0.29) is 11.9 Å². The largest absolute Gasteiger partial charge is 0.491 e. The van der Waals surface area contributed by atoms with Gasteiger partial charge in [-0.05, 0) is 61.0 Å². The molecular weight excluding hydrogens is 366 g/mol. The van der Waals surface area contributed by atoms with Crippen molar-refractivity contribution in [3.05, 3.63) is 84.4 Å². The molecule has 3 rings (SSSR count). The molecule has 0 fully saturated rings. The number of hydrogen-bond donors (Lipinski definition) is 1. The van der Waals surface area contributed by atoms with E-state index in [9.17, 15) is 4.79 Å². The van der Waals surface area contributed by atoms with Crippen molar-refractivity contribution in [2.45, 2.75) is 26.5 Å². The second kappa shape index (κ2) is 10.2. The fourth-order valence-corrected chi connectivity index (χ4v) is 2.69. The molecule has 150 valence electrons. The van der Waals surface area contributed by atoms with Crippen LogP contribution in [-0.4, -0.2) is 18.6 Å². The van der Waals surface area contributed by atoms with E-state index in [4.69, 9.17) is 14.2 Å². The summed E-state index contributed by atoms with van der Waals surface area (Å²) in [5, 5.41) is 2.78. The molecule has 5 nitrogen and oxygen atoms in total. The molecule has 0 aromatic heterocycles. The molecule has 3 aromatic rings. The maximum absolute atomic E-state index is 11.0. The monoisotopic (exact) mass is 391 g/mol. The third-order valence-electron chi connectivity index (χ3n) is 4.08. The zero-order valence-electron chi connectivity index (χ0n) is 16.6. The summed E-state index contributed by atoms with van der Waals surface area (Å²) in [7, 11) is 0. The van der Waals surface area contributed by atoms with Crippen molar-refractivity contribution in [1.29, 1.82) is 0 Å². The summed E-state index contributed by atoms with van der Waals surface area (Å²) in [5.41, 5.74) is 1.13. The van der Waals surface area contributed by atoms with Crippen LogP contribution in [0.1, 0.15) is 19.4 Å². The summed E-state index contributed by atoms with van der Waals surface area (Å²) in [4.78, 5) is 11.0. The zero-order valence-corrected chi connectivity index (χ0v) is 16.6. The lowest BCUT2D eigenvalue weighted by molar-refractivity contribution is -0.119. The molecule has 1 N–H and O–H groups in total. The molecule has 5 heteroatoms. The van der Waals surface area contributed by atoms with E-state index < -0.39 is 0 Å². The van der Waals surface area contributed by atoms with Crippen LogP contribution in [0.15, 0.2) is 78.9 Å². The fourth-order valence-electron chi connectivity index (χ4n) is 2.69. The Balaban J connectivity index is 1.47. The minimum atomic E-state index is -0.0682. The third-order valence-corrected chi connectivity index (χ3v) is 4.08. The number of nitrogens with one attached hydrogen (secondary N) is 1. The molecule has 1 atom stereocenters. The van der Waals surface area contributed by atoms with Gasteiger partial charge in [0, 0.05) is 6.92 Å². The molecule has 1 amide bonds. The van der Waals surface area contributed by atoms with E-state index in [1.165, 1.54) is 6.92 Å². The normalized spacial score (nSPS) is 11.4. The van der Waals surface area contributed by atoms with Crippen LogP contribution in [0.5, 0.6) is 23.0 Å². The third kappa shape index (κ3) is 6.88. The van der Waals surface area contributed by atoms with E-state index in [0.29, 0.717) is 19.0 Å². The number of amides is 1. The minimum Gasteiger partial charge on any atom is -0.491 e. The lowest BCUT2D eigenvalue weighted by atomic mass is 10.2. The van der Waals surface area contributed by atoms with E-state index in [1.807, 2.05) is 85.8 Å². The number of rotatable bonds is 9. The fraction of sp³-hybridized carbons (Fsp3) is 0.208. The summed E-state index contributed by atoms with van der Waals surface area (Å²) < 4.78 is 17.3. The first kappa shape index (κ1) is 20.3. The maximum Gasteiger partial charge on any atom is 0.217 e. The van der Waals surface area contributed by atoms with Crippen LogP contribution in [0, 0.1) is 0 Å². The van der Waals surface area contributed by atoms with Gasteiger partial charge in [0.05, 0.1) is 6.04 Å². The van der Waals surface area contributed by atoms with Gasteiger partial charge in [0.15, 0.2) is 0 Å². The van der Waals surface area contributed by atoms with Crippen LogP contribution >= 0.6 is 0 Å². The molecule has 3 aromatic carbocycles. The summed E-state index contributed by atoms with van der Waals surface area (Å²) >= 11 is 0. The Labute approximate surface area is 171 Å². The number of carbonyl (C=O) groups excluding carboxylic acids is 1. The van der Waals surface area contributed by atoms with E-state index >= 15 is 0 Å². The lowest BCUT2D eigenvalue weighted by Crippen LogP contribution is -2.35. The summed E-state index contributed by atoms with van der Waals surface area (Å²) in [5.74, 6) is 2.88. The van der Waals surface area contributed by atoms with E-state index in [1.54, 1.807) is 0 Å². The molecule has 0 aliphatic heterocycles. The van der Waals surface area contributed by atoms with Crippen LogP contribution in [0.2, 0.25) is 0 Å². The first-order valence-electron chi connectivity index (χ1n) is 9.53. The van der Waals surface area contributed by atoms with E-state index in [2.05, 4.69) is 5.32 Å². The highest BCUT2D eigenvalue weighted by Gasteiger charge is 2.05. The molecule has 29 heavy (non-hydrogen) atoms. The van der Waals surface area contributed by atoms with Gasteiger partial charge in [-0.25, -0.2) is 0 Å². The summed E-state index contributed by atoms with van der Waals surface area (Å²) in [6.45, 7) is 4.32. The molecule has 0 aliphatic carbocycles. The van der Waals surface area contributed by atoms with Crippen molar-refractivity contribution < 1.29 is 19.0 Å². The van der Waals surface area contributed by atoms with Crippen LogP contribution in [0.25, 0.3) is 0 Å². The predicted octanol–water partition coefficient (Wildman–Crippen LogP) is 4.96. The molecule has 0 spiro atoms. The van der Waals surface area contributed by atoms with Crippen molar-refractivity contribution >= 4 is 5.91 Å². The molecule has 0 saturated carbocycles. The van der Waals surface area contributed by atoms with Gasteiger partial charge in [-0.1, -0.05) is 30.3 Å². The van der Waals surface area contributed by atoms with Crippen molar-refractivity contribution in [2.75, 3.05) is 6.61 Å². The van der Waals surface area contributed by atoms with Crippen molar-refractivity contribution in [1.82, 2.24) is 5.32 Å². The molecule has 0 aliphatic rings. The van der Waals surface area contributed by atoms with Gasteiger partial charge in [0.25, 0.3) is 0 Å². The van der Waals surface area contributed by atoms with Crippen molar-refractivity contribution in [3.63, 3.8) is 0 Å². The van der Waals surface area contributed by atoms with Gasteiger partial charge in [-0.2, -0.15) is 0 Å². The van der Waals surface area contributed by atoms with Crippen LogP contribution < -0.4 is 19.5 Å². The topological polar surface area (TPSA) is 56.8 Å². The zero-order chi connectivity index (χ0) is 20.5. The Hall–Kier alpha value is -3.47. The van der Waals surface area contributed by atoms with Crippen LogP contribution in [0.3, 0.4) is 0 Å². The van der Waals surface area contributed by atoms with Crippen molar-refractivity contribution in [2.24, 2.45) is 0 Å². The van der Waals surface area contributed by atoms with Crippen LogP contribution in [0.4, 0.5) is 0 Å². The van der Waals surface area contributed by atoms with E-state index in [0.717, 1.165) is 22.8 Å². The van der Waals surface area contributed by atoms with Crippen LogP contribution in [-0.2, 0) is 11.4 Å². The Morgan fingerprint density at radius 2 is 1.31 bits per heavy atom. The number of benzene rings is 3. The van der Waals surface area contributed by atoms with Gasteiger partial charge in [0.1, 0.15) is 36.2 Å². The molecular formula is C24H25NO4. The highest BCUT2D eigenvalue weighted by Crippen LogP contribution is 2.26. The summed E-state index contributed by atoms with van der Waals surface area (Å²) in [6.07, 6.45) is 0. The molecule has 0 bridgehead atoms. The van der Waals surface area contributed by atoms with Gasteiger partial charge in [0.2, 0.25) is 5.91 Å². The molecule has 0 saturated heterocycles. The molecule has 0 radical (unpaired) electrons. The number of ether oxygens (including phenoxy) is 3. The number of carbonyl (C=O) groups is 1. The van der Waals surface area contributed by atoms with Gasteiger partial charge >= 0.3 is 0 Å². The SMILES string of the molecule is CC(=O)NC(C)COc1ccc(Oc2ccc(OCc3ccccc3)cc2)cc1. The van der Waals surface area contributed by atoms with Gasteiger partial charge < -0.3 is 19.5 Å². The second-order valence-corrected chi connectivity index (χ2v) is 6.73. The standard InChI is InChI=1S/C24H25NO4/c1-18(25-19(2)26)16-27-21-8-12-23(13-9-21)29-24-14-10-22(11-15-24)28-17-20-6-4-3-5-7-20/h3-15,18H,16-17H2,1-2H3,(H,25,26). The Morgan fingerprint density at radius 1 is 0.793 bits per heavy atom. The molecule has 1 unspecified atom stereocenters. The van der Waals surface area contributed by atoms with Gasteiger partial charge in [-0.3, -0.25) is 4.79 Å². The van der Waals surface area contributed by atoms with Gasteiger partial charge in [-0.15, -0.1) is 0 Å². The maximum atomic E-state index is 11.0. The minimum absolute atomic E-state index is 0.0500. The Morgan fingerprint density at radius 3 is 1.86 bits per heavy atom. The lowest BCUT2D eigenvalue weighted by Gasteiger charge is -2.14. The van der Waals surface area contributed by atoms with Crippen molar-refractivity contribution in [3.8, 4) is 23.0 Å². The first-order chi connectivity index (χ1) is 14.1. The highest BCUT2D eigenvalue weighted by molar-refractivity contribution is 5.73. The quantitative estimate of drug-likeness (QED) is 0.560. The predicted molar refractivity (Wildman–Crippen MR) is 113 cm³/mol. The Kier molecular flexibility index (Phi) is 7.11. The average molecular weight is 391 g/mol. The number of hydrogen-bond acceptors (Lipinski definition) is 4. The first-order valence-corrected chi connectivity index (χ1v) is 9.53. The average Bonchev–Trinajstić information content (AvgIpc) is 2.73. The smallest absolute Gasteiger partial charge is 0.217 e.